The van der Waals surface area contributed by atoms with Crippen LogP contribution in [0.4, 0.5) is 0 Å². The summed E-state index contributed by atoms with van der Waals surface area (Å²) in [5.41, 5.74) is 0.970. The van der Waals surface area contributed by atoms with Crippen molar-refractivity contribution in [3.05, 3.63) is 15.6 Å². The third kappa shape index (κ3) is 3.00. The highest BCUT2D eigenvalue weighted by molar-refractivity contribution is 7.11. The summed E-state index contributed by atoms with van der Waals surface area (Å²) in [5.74, 6) is -0.184. The first kappa shape index (κ1) is 15.0. The van der Waals surface area contributed by atoms with E-state index in [1.165, 1.54) is 0 Å². The Morgan fingerprint density at radius 3 is 2.75 bits per heavy atom. The van der Waals surface area contributed by atoms with Gasteiger partial charge in [0.15, 0.2) is 0 Å². The van der Waals surface area contributed by atoms with Crippen LogP contribution in [0.2, 0.25) is 0 Å². The predicted molar refractivity (Wildman–Crippen MR) is 78.5 cm³/mol. The number of nitrogens with zero attached hydrogens (tertiary/aromatic N) is 2. The molecule has 2 amide bonds. The first-order valence-electron chi connectivity index (χ1n) is 6.94. The van der Waals surface area contributed by atoms with Gasteiger partial charge in [-0.15, -0.1) is 11.3 Å². The molecule has 1 aromatic heterocycles. The Bertz CT molecular complexity index is 526. The molecule has 2 heterocycles. The van der Waals surface area contributed by atoms with E-state index in [1.54, 1.807) is 16.2 Å². The van der Waals surface area contributed by atoms with E-state index in [4.69, 9.17) is 0 Å². The van der Waals surface area contributed by atoms with Gasteiger partial charge in [-0.2, -0.15) is 0 Å². The first-order valence-corrected chi connectivity index (χ1v) is 7.76. The maximum atomic E-state index is 12.2. The Labute approximate surface area is 123 Å². The van der Waals surface area contributed by atoms with Crippen LogP contribution in [0.25, 0.3) is 0 Å². The second-order valence-corrected chi connectivity index (χ2v) is 6.48. The average Bonchev–Trinajstić information content (AvgIpc) is 2.91. The molecule has 1 aliphatic heterocycles. The molecule has 1 N–H and O–H groups in total. The molecule has 2 atom stereocenters. The van der Waals surface area contributed by atoms with E-state index in [0.29, 0.717) is 19.5 Å². The van der Waals surface area contributed by atoms with Gasteiger partial charge in [0, 0.05) is 24.4 Å². The Kier molecular flexibility index (Phi) is 4.42. The Morgan fingerprint density at radius 2 is 2.25 bits per heavy atom. The van der Waals surface area contributed by atoms with Gasteiger partial charge in [0.05, 0.1) is 22.7 Å². The topological polar surface area (TPSA) is 62.3 Å². The number of thiazole rings is 1. The first-order chi connectivity index (χ1) is 9.42. The van der Waals surface area contributed by atoms with Crippen LogP contribution in [0.15, 0.2) is 0 Å². The van der Waals surface area contributed by atoms with Gasteiger partial charge in [0.2, 0.25) is 11.8 Å². The third-order valence-corrected chi connectivity index (χ3v) is 4.91. The fourth-order valence-corrected chi connectivity index (χ4v) is 3.53. The minimum atomic E-state index is -0.223. The van der Waals surface area contributed by atoms with Crippen molar-refractivity contribution >= 4 is 23.2 Å². The van der Waals surface area contributed by atoms with Crippen molar-refractivity contribution < 1.29 is 9.59 Å². The minimum Gasteiger partial charge on any atom is -0.348 e. The lowest BCUT2D eigenvalue weighted by Crippen LogP contribution is -2.34. The number of carbonyl (C=O) groups excluding carboxylic acids is 2. The number of hydrogen-bond donors (Lipinski definition) is 1. The predicted octanol–water partition coefficient (Wildman–Crippen LogP) is 1.81. The minimum absolute atomic E-state index is 0.0350. The molecule has 2 unspecified atom stereocenters. The van der Waals surface area contributed by atoms with E-state index in [-0.39, 0.29) is 23.8 Å². The molecule has 110 valence electrons. The lowest BCUT2D eigenvalue weighted by atomic mass is 10.1. The molecule has 0 saturated carbocycles. The van der Waals surface area contributed by atoms with Gasteiger partial charge in [-0.05, 0) is 27.7 Å². The molecule has 0 radical (unpaired) electrons. The van der Waals surface area contributed by atoms with Crippen molar-refractivity contribution in [1.82, 2.24) is 15.2 Å². The van der Waals surface area contributed by atoms with Crippen molar-refractivity contribution in [2.24, 2.45) is 5.92 Å². The summed E-state index contributed by atoms with van der Waals surface area (Å²) in [6.07, 6.45) is 0.326. The van der Waals surface area contributed by atoms with Crippen molar-refractivity contribution in [2.45, 2.75) is 40.2 Å². The molecule has 20 heavy (non-hydrogen) atoms. The van der Waals surface area contributed by atoms with Gasteiger partial charge in [-0.25, -0.2) is 4.98 Å². The zero-order valence-corrected chi connectivity index (χ0v) is 13.2. The highest BCUT2D eigenvalue weighted by Crippen LogP contribution is 2.25. The summed E-state index contributed by atoms with van der Waals surface area (Å²) in [6, 6.07) is -0.0560. The van der Waals surface area contributed by atoms with Crippen LogP contribution in [0.3, 0.4) is 0 Å². The number of rotatable bonds is 4. The largest absolute Gasteiger partial charge is 0.348 e. The SMILES string of the molecule is CCN1CC(C(=O)NC(C)c2sc(C)nc2C)CC1=O. The van der Waals surface area contributed by atoms with Crippen LogP contribution in [-0.4, -0.2) is 34.8 Å². The zero-order chi connectivity index (χ0) is 14.9. The van der Waals surface area contributed by atoms with E-state index in [0.717, 1.165) is 15.6 Å². The molecule has 5 nitrogen and oxygen atoms in total. The highest BCUT2D eigenvalue weighted by Gasteiger charge is 2.34. The molecule has 0 spiro atoms. The lowest BCUT2D eigenvalue weighted by molar-refractivity contribution is -0.129. The molecule has 0 bridgehead atoms. The van der Waals surface area contributed by atoms with E-state index in [1.807, 2.05) is 27.7 Å². The molecule has 0 aliphatic carbocycles. The van der Waals surface area contributed by atoms with E-state index in [2.05, 4.69) is 10.3 Å². The normalized spacial score (nSPS) is 20.3. The molecule has 2 rings (SSSR count). The summed E-state index contributed by atoms with van der Waals surface area (Å²) >= 11 is 1.61. The van der Waals surface area contributed by atoms with Crippen molar-refractivity contribution in [3.8, 4) is 0 Å². The van der Waals surface area contributed by atoms with Gasteiger partial charge >= 0.3 is 0 Å². The summed E-state index contributed by atoms with van der Waals surface area (Å²) in [5, 5.41) is 4.02. The maximum Gasteiger partial charge on any atom is 0.225 e. The smallest absolute Gasteiger partial charge is 0.225 e. The van der Waals surface area contributed by atoms with E-state index < -0.39 is 0 Å². The van der Waals surface area contributed by atoms with Crippen LogP contribution >= 0.6 is 11.3 Å². The van der Waals surface area contributed by atoms with E-state index in [9.17, 15) is 9.59 Å². The number of hydrogen-bond acceptors (Lipinski definition) is 4. The molecule has 1 fully saturated rings. The van der Waals surface area contributed by atoms with Gasteiger partial charge in [0.1, 0.15) is 0 Å². The summed E-state index contributed by atoms with van der Waals surface area (Å²) in [4.78, 5) is 31.1. The fraction of sp³-hybridized carbons (Fsp3) is 0.643. The number of aryl methyl sites for hydroxylation is 2. The number of nitrogens with one attached hydrogen (secondary N) is 1. The number of amides is 2. The van der Waals surface area contributed by atoms with E-state index >= 15 is 0 Å². The third-order valence-electron chi connectivity index (χ3n) is 3.66. The Morgan fingerprint density at radius 1 is 1.55 bits per heavy atom. The average molecular weight is 295 g/mol. The lowest BCUT2D eigenvalue weighted by Gasteiger charge is -2.17. The number of aromatic nitrogens is 1. The zero-order valence-electron chi connectivity index (χ0n) is 12.4. The molecule has 1 aliphatic rings. The van der Waals surface area contributed by atoms with Crippen LogP contribution < -0.4 is 5.32 Å². The van der Waals surface area contributed by atoms with Crippen LogP contribution in [0, 0.1) is 19.8 Å². The molecule has 1 saturated heterocycles. The Balaban J connectivity index is 1.98. The van der Waals surface area contributed by atoms with Crippen molar-refractivity contribution in [3.63, 3.8) is 0 Å². The molecular formula is C14H21N3O2S. The second kappa shape index (κ2) is 5.91. The summed E-state index contributed by atoms with van der Waals surface area (Å²) < 4.78 is 0. The fourth-order valence-electron chi connectivity index (χ4n) is 2.60. The van der Waals surface area contributed by atoms with Crippen molar-refractivity contribution in [2.75, 3.05) is 13.1 Å². The summed E-state index contributed by atoms with van der Waals surface area (Å²) in [7, 11) is 0. The van der Waals surface area contributed by atoms with Crippen LogP contribution in [-0.2, 0) is 9.59 Å². The monoisotopic (exact) mass is 295 g/mol. The Hall–Kier alpha value is -1.43. The maximum absolute atomic E-state index is 12.2. The van der Waals surface area contributed by atoms with Gasteiger partial charge in [0.25, 0.3) is 0 Å². The second-order valence-electron chi connectivity index (χ2n) is 5.25. The molecule has 1 aromatic rings. The standard InChI is InChI=1S/C14H21N3O2S/c1-5-17-7-11(6-12(17)18)14(19)16-9(3)13-8(2)15-10(4)20-13/h9,11H,5-7H2,1-4H3,(H,16,19). The number of likely N-dealkylation sites (tertiary alicyclic amines) is 1. The molecule has 0 aromatic carbocycles. The quantitative estimate of drug-likeness (QED) is 0.921. The molecular weight excluding hydrogens is 274 g/mol. The van der Waals surface area contributed by atoms with Gasteiger partial charge < -0.3 is 10.2 Å². The highest BCUT2D eigenvalue weighted by atomic mass is 32.1. The number of carbonyl (C=O) groups is 2. The summed E-state index contributed by atoms with van der Waals surface area (Å²) in [6.45, 7) is 9.03. The van der Waals surface area contributed by atoms with Gasteiger partial charge in [-0.3, -0.25) is 9.59 Å². The van der Waals surface area contributed by atoms with Crippen LogP contribution in [0.5, 0.6) is 0 Å². The molecule has 6 heteroatoms. The van der Waals surface area contributed by atoms with Gasteiger partial charge in [-0.1, -0.05) is 0 Å². The van der Waals surface area contributed by atoms with Crippen molar-refractivity contribution in [1.29, 1.82) is 0 Å². The van der Waals surface area contributed by atoms with Crippen LogP contribution in [0.1, 0.15) is 41.9 Å².